The van der Waals surface area contributed by atoms with Gasteiger partial charge in [0.05, 0.1) is 5.56 Å². The van der Waals surface area contributed by atoms with Crippen molar-refractivity contribution in [3.63, 3.8) is 0 Å². The zero-order valence-electron chi connectivity index (χ0n) is 12.7. The van der Waals surface area contributed by atoms with Crippen molar-refractivity contribution < 1.29 is 9.59 Å². The van der Waals surface area contributed by atoms with E-state index in [9.17, 15) is 9.59 Å². The van der Waals surface area contributed by atoms with Crippen molar-refractivity contribution >= 4 is 39.1 Å². The first-order chi connectivity index (χ1) is 10.4. The van der Waals surface area contributed by atoms with Gasteiger partial charge < -0.3 is 10.2 Å². The minimum absolute atomic E-state index is 0.0647. The lowest BCUT2D eigenvalue weighted by molar-refractivity contribution is -0.116. The van der Waals surface area contributed by atoms with E-state index in [0.717, 1.165) is 15.7 Å². The predicted octanol–water partition coefficient (Wildman–Crippen LogP) is 3.99. The topological polar surface area (TPSA) is 49.4 Å². The van der Waals surface area contributed by atoms with Crippen molar-refractivity contribution in [2.24, 2.45) is 0 Å². The number of hydrogen-bond donors (Lipinski definition) is 1. The van der Waals surface area contributed by atoms with E-state index in [1.807, 2.05) is 31.2 Å². The van der Waals surface area contributed by atoms with Gasteiger partial charge in [-0.1, -0.05) is 18.2 Å². The lowest BCUT2D eigenvalue weighted by Crippen LogP contribution is -2.23. The molecule has 0 heterocycles. The average molecular weight is 361 g/mol. The summed E-state index contributed by atoms with van der Waals surface area (Å²) >= 11 is 3.40. The number of nitrogens with one attached hydrogen (secondary N) is 1. The number of halogens is 1. The number of amides is 2. The van der Waals surface area contributed by atoms with Crippen LogP contribution in [0.3, 0.4) is 0 Å². The second-order valence-electron chi connectivity index (χ2n) is 5.01. The van der Waals surface area contributed by atoms with Gasteiger partial charge in [0.2, 0.25) is 5.91 Å². The number of carbonyl (C=O) groups excluding carboxylic acids is 2. The quantitative estimate of drug-likeness (QED) is 0.899. The minimum atomic E-state index is -0.187. The molecule has 0 bridgehead atoms. The van der Waals surface area contributed by atoms with E-state index in [1.165, 1.54) is 11.8 Å². The fraction of sp³-hybridized carbons (Fsp3) is 0.176. The Hall–Kier alpha value is -2.14. The summed E-state index contributed by atoms with van der Waals surface area (Å²) in [7, 11) is 1.70. The highest BCUT2D eigenvalue weighted by molar-refractivity contribution is 9.10. The van der Waals surface area contributed by atoms with Gasteiger partial charge in [0.25, 0.3) is 5.91 Å². The molecular weight excluding hydrogens is 344 g/mol. The number of nitrogens with zero attached hydrogens (tertiary/aromatic N) is 1. The molecule has 0 spiro atoms. The monoisotopic (exact) mass is 360 g/mol. The number of anilines is 2. The summed E-state index contributed by atoms with van der Waals surface area (Å²) in [5.41, 5.74) is 2.87. The summed E-state index contributed by atoms with van der Waals surface area (Å²) in [6, 6.07) is 12.8. The van der Waals surface area contributed by atoms with Crippen LogP contribution in [-0.4, -0.2) is 18.9 Å². The minimum Gasteiger partial charge on any atom is -0.322 e. The molecule has 0 unspecified atom stereocenters. The number of hydrogen-bond acceptors (Lipinski definition) is 2. The fourth-order valence-corrected chi connectivity index (χ4v) is 2.73. The summed E-state index contributed by atoms with van der Waals surface area (Å²) in [5, 5.41) is 2.87. The Morgan fingerprint density at radius 2 is 1.82 bits per heavy atom. The smallest absolute Gasteiger partial charge is 0.257 e. The van der Waals surface area contributed by atoms with Crippen molar-refractivity contribution in [3.05, 3.63) is 58.1 Å². The normalized spacial score (nSPS) is 10.2. The summed E-state index contributed by atoms with van der Waals surface area (Å²) < 4.78 is 0.752. The zero-order valence-corrected chi connectivity index (χ0v) is 14.3. The first-order valence-corrected chi connectivity index (χ1v) is 7.60. The van der Waals surface area contributed by atoms with E-state index in [2.05, 4.69) is 21.2 Å². The van der Waals surface area contributed by atoms with E-state index >= 15 is 0 Å². The van der Waals surface area contributed by atoms with Crippen LogP contribution in [-0.2, 0) is 4.79 Å². The molecule has 2 aromatic rings. The molecule has 0 aliphatic carbocycles. The maximum atomic E-state index is 12.4. The predicted molar refractivity (Wildman–Crippen MR) is 92.4 cm³/mol. The van der Waals surface area contributed by atoms with Crippen molar-refractivity contribution in [1.82, 2.24) is 0 Å². The number of rotatable bonds is 3. The highest BCUT2D eigenvalue weighted by Crippen LogP contribution is 2.23. The Morgan fingerprint density at radius 3 is 2.45 bits per heavy atom. The third-order valence-corrected chi connectivity index (χ3v) is 4.07. The Morgan fingerprint density at radius 1 is 1.14 bits per heavy atom. The molecule has 5 heteroatoms. The largest absolute Gasteiger partial charge is 0.322 e. The van der Waals surface area contributed by atoms with Crippen LogP contribution >= 0.6 is 15.9 Å². The van der Waals surface area contributed by atoms with Crippen molar-refractivity contribution in [2.75, 3.05) is 17.3 Å². The highest BCUT2D eigenvalue weighted by atomic mass is 79.9. The molecule has 0 atom stereocenters. The van der Waals surface area contributed by atoms with Crippen molar-refractivity contribution in [2.45, 2.75) is 13.8 Å². The summed E-state index contributed by atoms with van der Waals surface area (Å²) in [6.07, 6.45) is 0. The van der Waals surface area contributed by atoms with Crippen LogP contribution in [0, 0.1) is 6.92 Å². The first-order valence-electron chi connectivity index (χ1n) is 6.81. The third-order valence-electron chi connectivity index (χ3n) is 3.41. The lowest BCUT2D eigenvalue weighted by atomic mass is 10.1. The van der Waals surface area contributed by atoms with Crippen LogP contribution in [0.1, 0.15) is 22.8 Å². The fourth-order valence-electron chi connectivity index (χ4n) is 2.09. The zero-order chi connectivity index (χ0) is 16.3. The molecule has 0 saturated carbocycles. The maximum Gasteiger partial charge on any atom is 0.257 e. The van der Waals surface area contributed by atoms with Gasteiger partial charge in [-0.3, -0.25) is 9.59 Å². The molecule has 2 rings (SSSR count). The molecular formula is C17H17BrN2O2. The van der Waals surface area contributed by atoms with Gasteiger partial charge in [-0.25, -0.2) is 0 Å². The van der Waals surface area contributed by atoms with Gasteiger partial charge in [-0.2, -0.15) is 0 Å². The van der Waals surface area contributed by atoms with E-state index in [4.69, 9.17) is 0 Å². The second-order valence-corrected chi connectivity index (χ2v) is 5.87. The molecule has 114 valence electrons. The highest BCUT2D eigenvalue weighted by Gasteiger charge is 2.13. The van der Waals surface area contributed by atoms with Gasteiger partial charge in [0.1, 0.15) is 0 Å². The van der Waals surface area contributed by atoms with Gasteiger partial charge in [-0.05, 0) is 52.7 Å². The van der Waals surface area contributed by atoms with E-state index in [-0.39, 0.29) is 11.8 Å². The van der Waals surface area contributed by atoms with Crippen LogP contribution < -0.4 is 10.2 Å². The SMILES string of the molecule is CC(=O)N(C)c1cccc(NC(=O)c2c(C)cccc2Br)c1. The number of benzene rings is 2. The van der Waals surface area contributed by atoms with Crippen molar-refractivity contribution in [1.29, 1.82) is 0 Å². The number of carbonyl (C=O) groups is 2. The Kier molecular flexibility index (Phi) is 4.98. The van der Waals surface area contributed by atoms with Gasteiger partial charge in [0, 0.05) is 29.8 Å². The van der Waals surface area contributed by atoms with Gasteiger partial charge in [0.15, 0.2) is 0 Å². The van der Waals surface area contributed by atoms with Crippen LogP contribution in [0.2, 0.25) is 0 Å². The third kappa shape index (κ3) is 3.54. The Labute approximate surface area is 138 Å². The first kappa shape index (κ1) is 16.2. The van der Waals surface area contributed by atoms with Gasteiger partial charge >= 0.3 is 0 Å². The van der Waals surface area contributed by atoms with E-state index in [1.54, 1.807) is 25.2 Å². The molecule has 0 aliphatic rings. The molecule has 4 nitrogen and oxygen atoms in total. The van der Waals surface area contributed by atoms with E-state index in [0.29, 0.717) is 11.3 Å². The number of aryl methyl sites for hydroxylation is 1. The molecule has 0 aliphatic heterocycles. The van der Waals surface area contributed by atoms with Crippen LogP contribution in [0.25, 0.3) is 0 Å². The molecule has 0 radical (unpaired) electrons. The van der Waals surface area contributed by atoms with Crippen LogP contribution in [0.4, 0.5) is 11.4 Å². The van der Waals surface area contributed by atoms with Crippen LogP contribution in [0.5, 0.6) is 0 Å². The molecule has 22 heavy (non-hydrogen) atoms. The molecule has 0 saturated heterocycles. The van der Waals surface area contributed by atoms with Crippen LogP contribution in [0.15, 0.2) is 46.9 Å². The molecule has 0 fully saturated rings. The molecule has 0 aromatic heterocycles. The molecule has 2 aromatic carbocycles. The van der Waals surface area contributed by atoms with Gasteiger partial charge in [-0.15, -0.1) is 0 Å². The van der Waals surface area contributed by atoms with Crippen molar-refractivity contribution in [3.8, 4) is 0 Å². The lowest BCUT2D eigenvalue weighted by Gasteiger charge is -2.16. The summed E-state index contributed by atoms with van der Waals surface area (Å²) in [5.74, 6) is -0.252. The summed E-state index contributed by atoms with van der Waals surface area (Å²) in [6.45, 7) is 3.38. The molecule has 2 amide bonds. The standard InChI is InChI=1S/C17H17BrN2O2/c1-11-6-4-9-15(18)16(11)17(22)19-13-7-5-8-14(10-13)20(3)12(2)21/h4-10H,1-3H3,(H,19,22). The molecule has 1 N–H and O–H groups in total. The maximum absolute atomic E-state index is 12.4. The Balaban J connectivity index is 2.26. The Bertz CT molecular complexity index is 708. The van der Waals surface area contributed by atoms with E-state index < -0.39 is 0 Å². The summed E-state index contributed by atoms with van der Waals surface area (Å²) in [4.78, 5) is 25.4. The second kappa shape index (κ2) is 6.75. The average Bonchev–Trinajstić information content (AvgIpc) is 2.46.